The van der Waals surface area contributed by atoms with Crippen molar-refractivity contribution in [3.63, 3.8) is 0 Å². The molecule has 1 aliphatic carbocycles. The molecule has 0 radical (unpaired) electrons. The van der Waals surface area contributed by atoms with Crippen LogP contribution in [0.15, 0.2) is 36.5 Å². The minimum absolute atomic E-state index is 0.0950. The molecule has 0 saturated carbocycles. The van der Waals surface area contributed by atoms with Gasteiger partial charge in [-0.2, -0.15) is 0 Å². The molecule has 0 atom stereocenters. The first-order chi connectivity index (χ1) is 12.2. The maximum absolute atomic E-state index is 11.9. The molecule has 4 rings (SSSR count). The van der Waals surface area contributed by atoms with Crippen molar-refractivity contribution in [2.45, 2.75) is 19.4 Å². The van der Waals surface area contributed by atoms with Crippen LogP contribution in [0, 0.1) is 0 Å². The lowest BCUT2D eigenvalue weighted by Crippen LogP contribution is -2.24. The van der Waals surface area contributed by atoms with Crippen LogP contribution < -0.4 is 5.32 Å². The molecule has 126 valence electrons. The molecule has 0 fully saturated rings. The summed E-state index contributed by atoms with van der Waals surface area (Å²) in [7, 11) is 1.60. The minimum Gasteiger partial charge on any atom is -0.358 e. The second-order valence-electron chi connectivity index (χ2n) is 5.93. The summed E-state index contributed by atoms with van der Waals surface area (Å²) in [6, 6.07) is 9.76. The summed E-state index contributed by atoms with van der Waals surface area (Å²) in [6.45, 7) is 0.0950. The van der Waals surface area contributed by atoms with E-state index in [0.717, 1.165) is 46.6 Å². The zero-order valence-electron chi connectivity index (χ0n) is 13.7. The van der Waals surface area contributed by atoms with Gasteiger partial charge in [-0.1, -0.05) is 28.9 Å². The molecule has 1 aromatic carbocycles. The van der Waals surface area contributed by atoms with Crippen molar-refractivity contribution < 1.29 is 4.79 Å². The predicted octanol–water partition coefficient (Wildman–Crippen LogP) is 2.51. The number of rotatable bonds is 2. The Balaban J connectivity index is 1.98. The number of benzene rings is 1. The molecule has 1 amide bonds. The highest BCUT2D eigenvalue weighted by Gasteiger charge is 2.25. The molecular formula is C18H16ClN5O. The van der Waals surface area contributed by atoms with E-state index in [-0.39, 0.29) is 12.5 Å². The number of hydrogen-bond donors (Lipinski definition) is 1. The summed E-state index contributed by atoms with van der Waals surface area (Å²) in [5.74, 6) is -0.136. The summed E-state index contributed by atoms with van der Waals surface area (Å²) in [4.78, 5) is 16.4. The third-order valence-electron chi connectivity index (χ3n) is 4.41. The fourth-order valence-electron chi connectivity index (χ4n) is 3.18. The number of likely N-dealkylation sites (N-methyl/N-ethyl adjacent to an activating group) is 1. The zero-order valence-corrected chi connectivity index (χ0v) is 14.4. The first kappa shape index (κ1) is 15.8. The topological polar surface area (TPSA) is 72.7 Å². The van der Waals surface area contributed by atoms with Crippen molar-refractivity contribution in [1.82, 2.24) is 25.3 Å². The highest BCUT2D eigenvalue weighted by atomic mass is 35.5. The third-order valence-corrected chi connectivity index (χ3v) is 4.64. The van der Waals surface area contributed by atoms with Gasteiger partial charge in [0, 0.05) is 23.8 Å². The molecule has 0 unspecified atom stereocenters. The number of halogens is 1. The number of nitrogens with one attached hydrogen (secondary N) is 1. The van der Waals surface area contributed by atoms with E-state index < -0.39 is 0 Å². The fourth-order valence-corrected chi connectivity index (χ4v) is 3.37. The lowest BCUT2D eigenvalue weighted by molar-refractivity contribution is -0.121. The monoisotopic (exact) mass is 353 g/mol. The van der Waals surface area contributed by atoms with Crippen LogP contribution in [0.5, 0.6) is 0 Å². The number of hydrogen-bond acceptors (Lipinski definition) is 4. The van der Waals surface area contributed by atoms with E-state index in [4.69, 9.17) is 11.6 Å². The van der Waals surface area contributed by atoms with Gasteiger partial charge in [0.1, 0.15) is 17.9 Å². The molecule has 3 aromatic rings. The quantitative estimate of drug-likeness (QED) is 0.768. The molecule has 0 aliphatic heterocycles. The van der Waals surface area contributed by atoms with Crippen LogP contribution in [-0.2, 0) is 24.2 Å². The first-order valence-corrected chi connectivity index (χ1v) is 8.42. The van der Waals surface area contributed by atoms with E-state index in [9.17, 15) is 4.79 Å². The summed E-state index contributed by atoms with van der Waals surface area (Å²) < 4.78 is 1.61. The van der Waals surface area contributed by atoms with E-state index in [1.807, 2.05) is 24.3 Å². The van der Waals surface area contributed by atoms with Gasteiger partial charge in [0.2, 0.25) is 5.91 Å². The number of fused-ring (bicyclic) bond motifs is 5. The number of pyridine rings is 1. The number of amides is 1. The Hall–Kier alpha value is -2.73. The van der Waals surface area contributed by atoms with Gasteiger partial charge in [-0.15, -0.1) is 5.10 Å². The summed E-state index contributed by atoms with van der Waals surface area (Å²) >= 11 is 6.18. The average molecular weight is 354 g/mol. The van der Waals surface area contributed by atoms with Crippen LogP contribution in [0.1, 0.15) is 11.1 Å². The van der Waals surface area contributed by atoms with Crippen molar-refractivity contribution in [3.8, 4) is 22.6 Å². The predicted molar refractivity (Wildman–Crippen MR) is 95.2 cm³/mol. The van der Waals surface area contributed by atoms with Crippen LogP contribution in [0.25, 0.3) is 22.6 Å². The van der Waals surface area contributed by atoms with Gasteiger partial charge in [-0.3, -0.25) is 9.78 Å². The standard InChI is InChI=1S/C18H16ClN5O/c1-20-15(25)10-24-18-16-11(3-2-8-21-16)4-5-12-9-13(19)6-7-14(12)17(18)22-23-24/h2-3,6-9H,4-5,10H2,1H3,(H,20,25). The Morgan fingerprint density at radius 2 is 2.08 bits per heavy atom. The number of nitrogens with zero attached hydrogens (tertiary/aromatic N) is 4. The molecule has 2 heterocycles. The molecule has 0 saturated heterocycles. The van der Waals surface area contributed by atoms with E-state index in [0.29, 0.717) is 5.02 Å². The second kappa shape index (κ2) is 6.29. The molecule has 1 aliphatic rings. The first-order valence-electron chi connectivity index (χ1n) is 8.04. The van der Waals surface area contributed by atoms with Crippen LogP contribution in [-0.4, -0.2) is 32.9 Å². The number of aryl methyl sites for hydroxylation is 2. The fraction of sp³-hybridized carbons (Fsp3) is 0.222. The number of aromatic nitrogens is 4. The van der Waals surface area contributed by atoms with Crippen molar-refractivity contribution in [1.29, 1.82) is 0 Å². The van der Waals surface area contributed by atoms with Crippen molar-refractivity contribution in [2.24, 2.45) is 0 Å². The second-order valence-corrected chi connectivity index (χ2v) is 6.37. The van der Waals surface area contributed by atoms with Gasteiger partial charge in [-0.25, -0.2) is 4.68 Å². The molecule has 1 N–H and O–H groups in total. The Morgan fingerprint density at radius 3 is 2.92 bits per heavy atom. The van der Waals surface area contributed by atoms with Gasteiger partial charge in [0.05, 0.1) is 5.69 Å². The molecule has 7 heteroatoms. The van der Waals surface area contributed by atoms with Crippen LogP contribution in [0.2, 0.25) is 5.02 Å². The summed E-state index contributed by atoms with van der Waals surface area (Å²) in [6.07, 6.45) is 3.43. The van der Waals surface area contributed by atoms with Crippen molar-refractivity contribution in [3.05, 3.63) is 52.7 Å². The lowest BCUT2D eigenvalue weighted by atomic mass is 9.92. The van der Waals surface area contributed by atoms with Crippen molar-refractivity contribution in [2.75, 3.05) is 7.05 Å². The average Bonchev–Trinajstić information content (AvgIpc) is 3.01. The maximum Gasteiger partial charge on any atom is 0.241 e. The highest BCUT2D eigenvalue weighted by Crippen LogP contribution is 2.37. The molecule has 6 nitrogen and oxygen atoms in total. The van der Waals surface area contributed by atoms with E-state index in [1.54, 1.807) is 17.9 Å². The Morgan fingerprint density at radius 1 is 1.24 bits per heavy atom. The smallest absolute Gasteiger partial charge is 0.241 e. The number of carbonyl (C=O) groups excluding carboxylic acids is 1. The maximum atomic E-state index is 11.9. The Labute approximate surface area is 149 Å². The zero-order chi connectivity index (χ0) is 17.4. The van der Waals surface area contributed by atoms with Gasteiger partial charge >= 0.3 is 0 Å². The molecule has 0 spiro atoms. The van der Waals surface area contributed by atoms with Crippen LogP contribution in [0.3, 0.4) is 0 Å². The summed E-state index contributed by atoms with van der Waals surface area (Å²) in [5, 5.41) is 11.9. The molecule has 0 bridgehead atoms. The third kappa shape index (κ3) is 2.78. The van der Waals surface area contributed by atoms with E-state index >= 15 is 0 Å². The Bertz CT molecular complexity index is 966. The van der Waals surface area contributed by atoms with E-state index in [2.05, 4.69) is 26.7 Å². The van der Waals surface area contributed by atoms with Crippen LogP contribution in [0.4, 0.5) is 0 Å². The molecular weight excluding hydrogens is 338 g/mol. The van der Waals surface area contributed by atoms with Crippen LogP contribution >= 0.6 is 11.6 Å². The summed E-state index contributed by atoms with van der Waals surface area (Å²) in [5.41, 5.74) is 5.54. The SMILES string of the molecule is CNC(=O)Cn1nnc2c1-c1ncccc1CCc1cc(Cl)ccc1-2. The molecule has 25 heavy (non-hydrogen) atoms. The lowest BCUT2D eigenvalue weighted by Gasteiger charge is -2.17. The Kier molecular flexibility index (Phi) is 3.97. The largest absolute Gasteiger partial charge is 0.358 e. The van der Waals surface area contributed by atoms with Gasteiger partial charge in [-0.05, 0) is 42.2 Å². The number of carbonyl (C=O) groups is 1. The van der Waals surface area contributed by atoms with Crippen molar-refractivity contribution >= 4 is 17.5 Å². The van der Waals surface area contributed by atoms with Gasteiger partial charge < -0.3 is 5.32 Å². The normalized spacial score (nSPS) is 12.4. The van der Waals surface area contributed by atoms with E-state index in [1.165, 1.54) is 0 Å². The minimum atomic E-state index is -0.136. The van der Waals surface area contributed by atoms with Gasteiger partial charge in [0.25, 0.3) is 0 Å². The molecule has 2 aromatic heterocycles. The highest BCUT2D eigenvalue weighted by molar-refractivity contribution is 6.30. The van der Waals surface area contributed by atoms with Gasteiger partial charge in [0.15, 0.2) is 0 Å².